The van der Waals surface area contributed by atoms with Crippen LogP contribution in [0.2, 0.25) is 0 Å². The highest BCUT2D eigenvalue weighted by Crippen LogP contribution is 2.24. The predicted octanol–water partition coefficient (Wildman–Crippen LogP) is 1.50. The van der Waals surface area contributed by atoms with Crippen LogP contribution in [-0.2, 0) is 16.4 Å². The van der Waals surface area contributed by atoms with Crippen LogP contribution in [0.4, 0.5) is 5.69 Å². The Balaban J connectivity index is 0.00000484. The molecule has 0 aliphatic heterocycles. The van der Waals surface area contributed by atoms with E-state index in [9.17, 15) is 8.42 Å². The van der Waals surface area contributed by atoms with Crippen LogP contribution >= 0.6 is 12.4 Å². The van der Waals surface area contributed by atoms with Crippen molar-refractivity contribution in [1.29, 1.82) is 0 Å². The smallest absolute Gasteiger partial charge is 0.243 e. The summed E-state index contributed by atoms with van der Waals surface area (Å²) in [5.74, 6) is 0. The Kier molecular flexibility index (Phi) is 9.09. The molecule has 0 aliphatic carbocycles. The number of aryl methyl sites for hydroxylation is 1. The molecule has 0 aliphatic rings. The van der Waals surface area contributed by atoms with E-state index in [-0.39, 0.29) is 18.6 Å². The first kappa shape index (κ1) is 22.1. The molecule has 0 heterocycles. The topological polar surface area (TPSA) is 92.7 Å². The average Bonchev–Trinajstić information content (AvgIpc) is 2.46. The van der Waals surface area contributed by atoms with Crippen LogP contribution < -0.4 is 11.5 Å². The van der Waals surface area contributed by atoms with E-state index < -0.39 is 10.0 Å². The van der Waals surface area contributed by atoms with Crippen molar-refractivity contribution in [2.75, 3.05) is 32.9 Å². The van der Waals surface area contributed by atoms with E-state index in [0.717, 1.165) is 5.56 Å². The number of hydrogen-bond acceptors (Lipinski definition) is 5. The largest absolute Gasteiger partial charge is 0.399 e. The Hall–Kier alpha value is -0.860. The van der Waals surface area contributed by atoms with E-state index in [1.807, 2.05) is 32.8 Å². The van der Waals surface area contributed by atoms with Gasteiger partial charge >= 0.3 is 0 Å². The molecule has 0 radical (unpaired) electrons. The molecule has 6 nitrogen and oxygen atoms in total. The van der Waals surface area contributed by atoms with E-state index in [2.05, 4.69) is 0 Å². The second-order valence-electron chi connectivity index (χ2n) is 5.53. The van der Waals surface area contributed by atoms with Gasteiger partial charge in [-0.1, -0.05) is 19.9 Å². The van der Waals surface area contributed by atoms with Gasteiger partial charge in [0.15, 0.2) is 0 Å². The first-order valence-corrected chi connectivity index (χ1v) is 8.98. The predicted molar refractivity (Wildman–Crippen MR) is 98.2 cm³/mol. The molecule has 0 spiro atoms. The maximum atomic E-state index is 12.8. The highest BCUT2D eigenvalue weighted by atomic mass is 35.5. The van der Waals surface area contributed by atoms with E-state index >= 15 is 0 Å². The summed E-state index contributed by atoms with van der Waals surface area (Å²) in [6, 6.07) is 5.07. The van der Waals surface area contributed by atoms with Crippen molar-refractivity contribution in [3.05, 3.63) is 23.8 Å². The summed E-state index contributed by atoms with van der Waals surface area (Å²) in [5, 5.41) is 0. The fourth-order valence-corrected chi connectivity index (χ4v) is 4.03. The second kappa shape index (κ2) is 9.44. The zero-order chi connectivity index (χ0) is 16.9. The summed E-state index contributed by atoms with van der Waals surface area (Å²) in [4.78, 5) is 2.21. The van der Waals surface area contributed by atoms with E-state index in [4.69, 9.17) is 11.5 Å². The van der Waals surface area contributed by atoms with Crippen molar-refractivity contribution in [2.24, 2.45) is 5.73 Å². The summed E-state index contributed by atoms with van der Waals surface area (Å²) >= 11 is 0. The third-order valence-corrected chi connectivity index (χ3v) is 5.92. The van der Waals surface area contributed by atoms with Gasteiger partial charge in [0, 0.05) is 18.8 Å². The fourth-order valence-electron chi connectivity index (χ4n) is 2.28. The molecule has 23 heavy (non-hydrogen) atoms. The Morgan fingerprint density at radius 3 is 2.22 bits per heavy atom. The lowest BCUT2D eigenvalue weighted by atomic mass is 10.1. The molecule has 4 N–H and O–H groups in total. The number of nitrogen functional groups attached to an aromatic ring is 1. The van der Waals surface area contributed by atoms with Crippen LogP contribution in [0.3, 0.4) is 0 Å². The van der Waals surface area contributed by atoms with Gasteiger partial charge in [-0.3, -0.25) is 4.90 Å². The number of hydrogen-bond donors (Lipinski definition) is 2. The van der Waals surface area contributed by atoms with Crippen LogP contribution in [-0.4, -0.2) is 51.0 Å². The Labute approximate surface area is 146 Å². The van der Waals surface area contributed by atoms with E-state index in [1.165, 1.54) is 4.31 Å². The van der Waals surface area contributed by atoms with Crippen molar-refractivity contribution in [2.45, 2.75) is 37.8 Å². The molecule has 1 unspecified atom stereocenters. The number of nitrogens with two attached hydrogens (primary N) is 2. The summed E-state index contributed by atoms with van der Waals surface area (Å²) < 4.78 is 27.0. The summed E-state index contributed by atoms with van der Waals surface area (Å²) in [5.41, 5.74) is 13.0. The quantitative estimate of drug-likeness (QED) is 0.538. The van der Waals surface area contributed by atoms with Gasteiger partial charge in [0.1, 0.15) is 0 Å². The molecular formula is C15H29ClN4O2S. The van der Waals surface area contributed by atoms with Crippen LogP contribution in [0.25, 0.3) is 0 Å². The van der Waals surface area contributed by atoms with Crippen molar-refractivity contribution in [3.63, 3.8) is 0 Å². The summed E-state index contributed by atoms with van der Waals surface area (Å²) in [6.07, 6.45) is 1.16. The number of sulfonamides is 1. The molecule has 0 bridgehead atoms. The number of halogens is 1. The molecule has 1 atom stereocenters. The minimum Gasteiger partial charge on any atom is -0.399 e. The van der Waals surface area contributed by atoms with Gasteiger partial charge in [-0.05, 0) is 44.6 Å². The molecule has 8 heteroatoms. The van der Waals surface area contributed by atoms with E-state index in [0.29, 0.717) is 36.5 Å². The zero-order valence-corrected chi connectivity index (χ0v) is 16.0. The van der Waals surface area contributed by atoms with Gasteiger partial charge < -0.3 is 11.5 Å². The van der Waals surface area contributed by atoms with Crippen molar-refractivity contribution in [3.8, 4) is 0 Å². The molecule has 1 aromatic carbocycles. The maximum absolute atomic E-state index is 12.8. The second-order valence-corrected chi connectivity index (χ2v) is 7.43. The Morgan fingerprint density at radius 1 is 1.17 bits per heavy atom. The van der Waals surface area contributed by atoms with E-state index in [1.54, 1.807) is 18.2 Å². The monoisotopic (exact) mass is 364 g/mol. The summed E-state index contributed by atoms with van der Waals surface area (Å²) in [7, 11) is 0.284. The normalized spacial score (nSPS) is 13.2. The third-order valence-electron chi connectivity index (χ3n) is 3.79. The van der Waals surface area contributed by atoms with Gasteiger partial charge in [0.25, 0.3) is 0 Å². The number of benzene rings is 1. The van der Waals surface area contributed by atoms with Crippen LogP contribution in [0, 0.1) is 0 Å². The fraction of sp³-hybridized carbons (Fsp3) is 0.600. The van der Waals surface area contributed by atoms with Crippen LogP contribution in [0.15, 0.2) is 23.1 Å². The standard InChI is InChI=1S/C15H28N4O2S.ClH/c1-5-19(6-2)22(20,21)14-11-13(16)9-7-12(14)8-10-15(17)18(3)4;/h7,9,11,15H,5-6,8,10,16-17H2,1-4H3;1H. The Bertz CT molecular complexity index is 589. The summed E-state index contributed by atoms with van der Waals surface area (Å²) in [6.45, 7) is 4.53. The minimum absolute atomic E-state index is 0. The lowest BCUT2D eigenvalue weighted by molar-refractivity contribution is 0.285. The molecule has 0 saturated heterocycles. The lowest BCUT2D eigenvalue weighted by Gasteiger charge is -2.23. The molecule has 0 fully saturated rings. The Morgan fingerprint density at radius 2 is 1.74 bits per heavy atom. The molecule has 1 rings (SSSR count). The molecular weight excluding hydrogens is 336 g/mol. The molecule has 1 aromatic rings. The maximum Gasteiger partial charge on any atom is 0.243 e. The zero-order valence-electron chi connectivity index (χ0n) is 14.3. The van der Waals surface area contributed by atoms with Gasteiger partial charge in [-0.15, -0.1) is 12.4 Å². The number of rotatable bonds is 8. The third kappa shape index (κ3) is 5.61. The number of nitrogens with zero attached hydrogens (tertiary/aromatic N) is 2. The molecule has 0 amide bonds. The lowest BCUT2D eigenvalue weighted by Crippen LogP contribution is -2.36. The molecule has 0 saturated carbocycles. The average molecular weight is 365 g/mol. The van der Waals surface area contributed by atoms with Crippen molar-refractivity contribution < 1.29 is 8.42 Å². The number of anilines is 1. The van der Waals surface area contributed by atoms with Gasteiger partial charge in [-0.25, -0.2) is 8.42 Å². The van der Waals surface area contributed by atoms with Crippen LogP contribution in [0.1, 0.15) is 25.8 Å². The van der Waals surface area contributed by atoms with Gasteiger partial charge in [-0.2, -0.15) is 4.31 Å². The molecule has 134 valence electrons. The highest BCUT2D eigenvalue weighted by Gasteiger charge is 2.25. The molecule has 0 aromatic heterocycles. The first-order chi connectivity index (χ1) is 10.2. The van der Waals surface area contributed by atoms with Crippen LogP contribution in [0.5, 0.6) is 0 Å². The van der Waals surface area contributed by atoms with Gasteiger partial charge in [0.05, 0.1) is 11.1 Å². The first-order valence-electron chi connectivity index (χ1n) is 7.54. The minimum atomic E-state index is -3.52. The van der Waals surface area contributed by atoms with Crippen molar-refractivity contribution >= 4 is 28.1 Å². The van der Waals surface area contributed by atoms with Crippen molar-refractivity contribution in [1.82, 2.24) is 9.21 Å². The van der Waals surface area contributed by atoms with Gasteiger partial charge in [0.2, 0.25) is 10.0 Å². The SMILES string of the molecule is CCN(CC)S(=O)(=O)c1cc(N)ccc1CCC(N)N(C)C.Cl. The highest BCUT2D eigenvalue weighted by molar-refractivity contribution is 7.89.